The number of piperazine rings is 1. The number of nitrogens with zero attached hydrogens (tertiary/aromatic N) is 3. The fraction of sp³-hybridized carbons (Fsp3) is 0.375. The molecule has 0 saturated carbocycles. The van der Waals surface area contributed by atoms with Crippen LogP contribution in [0.5, 0.6) is 0 Å². The summed E-state index contributed by atoms with van der Waals surface area (Å²) in [4.78, 5) is 42.6. The Hall–Kier alpha value is -3.35. The molecule has 0 spiro atoms. The van der Waals surface area contributed by atoms with E-state index in [1.807, 2.05) is 6.07 Å². The van der Waals surface area contributed by atoms with Gasteiger partial charge in [-0.1, -0.05) is 12.1 Å². The zero-order valence-corrected chi connectivity index (χ0v) is 17.8. The number of anilines is 2. The van der Waals surface area contributed by atoms with Gasteiger partial charge in [-0.15, -0.1) is 0 Å². The van der Waals surface area contributed by atoms with Crippen LogP contribution in [-0.4, -0.2) is 61.9 Å². The Kier molecular flexibility index (Phi) is 6.21. The molecule has 0 radical (unpaired) electrons. The molecule has 0 unspecified atom stereocenters. The maximum absolute atomic E-state index is 12.5. The van der Waals surface area contributed by atoms with E-state index in [1.165, 1.54) is 11.3 Å². The third-order valence-corrected chi connectivity index (χ3v) is 5.91. The smallest absolute Gasteiger partial charge is 0.251 e. The van der Waals surface area contributed by atoms with Crippen LogP contribution < -0.4 is 15.1 Å². The maximum atomic E-state index is 12.5. The zero-order chi connectivity index (χ0) is 21.8. The van der Waals surface area contributed by atoms with Gasteiger partial charge in [0, 0.05) is 56.1 Å². The molecule has 0 atom stereocenters. The predicted octanol–water partition coefficient (Wildman–Crippen LogP) is 2.20. The first-order valence-corrected chi connectivity index (χ1v) is 10.8. The zero-order valence-electron chi connectivity index (χ0n) is 17.8. The molecule has 2 aromatic carbocycles. The van der Waals surface area contributed by atoms with E-state index < -0.39 is 0 Å². The SMILES string of the molecule is Cc1cccc(N2CCN(C(=O)CNC(=O)c3ccc(N4CCCC4=O)cc3)CC2)c1. The number of hydrogen-bond donors (Lipinski definition) is 1. The molecule has 0 aliphatic carbocycles. The summed E-state index contributed by atoms with van der Waals surface area (Å²) in [7, 11) is 0. The molecule has 2 heterocycles. The van der Waals surface area contributed by atoms with E-state index in [2.05, 4.69) is 35.3 Å². The number of rotatable bonds is 5. The van der Waals surface area contributed by atoms with Gasteiger partial charge in [-0.05, 0) is 55.3 Å². The van der Waals surface area contributed by atoms with Crippen molar-refractivity contribution in [3.05, 3.63) is 59.7 Å². The average Bonchev–Trinajstić information content (AvgIpc) is 3.23. The highest BCUT2D eigenvalue weighted by Gasteiger charge is 2.23. The number of benzene rings is 2. The van der Waals surface area contributed by atoms with Gasteiger partial charge in [0.25, 0.3) is 5.91 Å². The van der Waals surface area contributed by atoms with Crippen molar-refractivity contribution in [3.8, 4) is 0 Å². The van der Waals surface area contributed by atoms with Crippen molar-refractivity contribution >= 4 is 29.1 Å². The van der Waals surface area contributed by atoms with E-state index in [-0.39, 0.29) is 24.3 Å². The summed E-state index contributed by atoms with van der Waals surface area (Å²) in [6, 6.07) is 15.3. The normalized spacial score (nSPS) is 16.5. The fourth-order valence-corrected chi connectivity index (χ4v) is 4.12. The molecule has 162 valence electrons. The van der Waals surface area contributed by atoms with Gasteiger partial charge in [-0.3, -0.25) is 14.4 Å². The van der Waals surface area contributed by atoms with Crippen molar-refractivity contribution in [3.63, 3.8) is 0 Å². The lowest BCUT2D eigenvalue weighted by atomic mass is 10.2. The van der Waals surface area contributed by atoms with Crippen LogP contribution in [0.1, 0.15) is 28.8 Å². The number of aryl methyl sites for hydroxylation is 1. The molecule has 2 fully saturated rings. The predicted molar refractivity (Wildman–Crippen MR) is 120 cm³/mol. The lowest BCUT2D eigenvalue weighted by Crippen LogP contribution is -2.51. The molecule has 1 N–H and O–H groups in total. The van der Waals surface area contributed by atoms with Gasteiger partial charge in [0.05, 0.1) is 6.54 Å². The summed E-state index contributed by atoms with van der Waals surface area (Å²) in [5.41, 5.74) is 3.69. The largest absolute Gasteiger partial charge is 0.368 e. The quantitative estimate of drug-likeness (QED) is 0.805. The Balaban J connectivity index is 1.25. The molecule has 4 rings (SSSR count). The molecule has 0 bridgehead atoms. The summed E-state index contributed by atoms with van der Waals surface area (Å²) in [5.74, 6) is -0.243. The molecular formula is C24H28N4O3. The van der Waals surface area contributed by atoms with Gasteiger partial charge in [-0.2, -0.15) is 0 Å². The van der Waals surface area contributed by atoms with Crippen molar-refractivity contribution in [1.29, 1.82) is 0 Å². The van der Waals surface area contributed by atoms with E-state index in [0.29, 0.717) is 25.1 Å². The van der Waals surface area contributed by atoms with Gasteiger partial charge in [0.2, 0.25) is 11.8 Å². The minimum atomic E-state index is -0.286. The van der Waals surface area contributed by atoms with Crippen LogP contribution >= 0.6 is 0 Å². The van der Waals surface area contributed by atoms with Gasteiger partial charge < -0.3 is 20.0 Å². The second-order valence-electron chi connectivity index (χ2n) is 8.09. The van der Waals surface area contributed by atoms with E-state index in [1.54, 1.807) is 34.1 Å². The van der Waals surface area contributed by atoms with Crippen LogP contribution in [0.2, 0.25) is 0 Å². The summed E-state index contributed by atoms with van der Waals surface area (Å²) in [6.07, 6.45) is 1.44. The molecule has 2 aliphatic heterocycles. The highest BCUT2D eigenvalue weighted by Crippen LogP contribution is 2.21. The molecule has 3 amide bonds. The maximum Gasteiger partial charge on any atom is 0.251 e. The van der Waals surface area contributed by atoms with Crippen molar-refractivity contribution in [2.75, 3.05) is 49.1 Å². The Bertz CT molecular complexity index is 965. The Morgan fingerprint density at radius 2 is 1.68 bits per heavy atom. The number of carbonyl (C=O) groups is 3. The van der Waals surface area contributed by atoms with Crippen LogP contribution in [0.15, 0.2) is 48.5 Å². The van der Waals surface area contributed by atoms with E-state index in [0.717, 1.165) is 31.7 Å². The van der Waals surface area contributed by atoms with Crippen molar-refractivity contribution < 1.29 is 14.4 Å². The van der Waals surface area contributed by atoms with Crippen LogP contribution in [-0.2, 0) is 9.59 Å². The average molecular weight is 421 g/mol. The van der Waals surface area contributed by atoms with Crippen LogP contribution in [0, 0.1) is 6.92 Å². The third kappa shape index (κ3) is 4.87. The second-order valence-corrected chi connectivity index (χ2v) is 8.09. The third-order valence-electron chi connectivity index (χ3n) is 5.91. The number of nitrogens with one attached hydrogen (secondary N) is 1. The van der Waals surface area contributed by atoms with Crippen LogP contribution in [0.4, 0.5) is 11.4 Å². The van der Waals surface area contributed by atoms with Gasteiger partial charge >= 0.3 is 0 Å². The summed E-state index contributed by atoms with van der Waals surface area (Å²) in [5, 5.41) is 2.72. The number of carbonyl (C=O) groups excluding carboxylic acids is 3. The highest BCUT2D eigenvalue weighted by molar-refractivity contribution is 5.98. The van der Waals surface area contributed by atoms with E-state index in [4.69, 9.17) is 0 Å². The number of amides is 3. The van der Waals surface area contributed by atoms with Crippen molar-refractivity contribution in [2.24, 2.45) is 0 Å². The molecule has 7 heteroatoms. The lowest BCUT2D eigenvalue weighted by molar-refractivity contribution is -0.130. The van der Waals surface area contributed by atoms with Crippen molar-refractivity contribution in [1.82, 2.24) is 10.2 Å². The van der Waals surface area contributed by atoms with Gasteiger partial charge in [0.15, 0.2) is 0 Å². The first kappa shape index (κ1) is 20.9. The molecule has 2 aromatic rings. The van der Waals surface area contributed by atoms with E-state index >= 15 is 0 Å². The molecule has 2 aliphatic rings. The lowest BCUT2D eigenvalue weighted by Gasteiger charge is -2.36. The minimum absolute atomic E-state index is 0.0182. The Morgan fingerprint density at radius 3 is 2.32 bits per heavy atom. The minimum Gasteiger partial charge on any atom is -0.368 e. The highest BCUT2D eigenvalue weighted by atomic mass is 16.2. The Morgan fingerprint density at radius 1 is 0.935 bits per heavy atom. The standard InChI is InChI=1S/C24H28N4O3/c1-18-4-2-5-21(16-18)26-12-14-27(15-13-26)23(30)17-25-24(31)19-7-9-20(10-8-19)28-11-3-6-22(28)29/h2,4-5,7-10,16H,3,6,11-15,17H2,1H3,(H,25,31). The van der Waals surface area contributed by atoms with E-state index in [9.17, 15) is 14.4 Å². The molecule has 7 nitrogen and oxygen atoms in total. The topological polar surface area (TPSA) is 73.0 Å². The summed E-state index contributed by atoms with van der Waals surface area (Å²) < 4.78 is 0. The molecule has 31 heavy (non-hydrogen) atoms. The van der Waals surface area contributed by atoms with Crippen molar-refractivity contribution in [2.45, 2.75) is 19.8 Å². The number of hydrogen-bond acceptors (Lipinski definition) is 4. The first-order valence-electron chi connectivity index (χ1n) is 10.8. The van der Waals surface area contributed by atoms with Gasteiger partial charge in [-0.25, -0.2) is 0 Å². The monoisotopic (exact) mass is 420 g/mol. The molecule has 2 saturated heterocycles. The van der Waals surface area contributed by atoms with Crippen LogP contribution in [0.3, 0.4) is 0 Å². The summed E-state index contributed by atoms with van der Waals surface area (Å²) >= 11 is 0. The molecule has 0 aromatic heterocycles. The fourth-order valence-electron chi connectivity index (χ4n) is 4.12. The van der Waals surface area contributed by atoms with Gasteiger partial charge in [0.1, 0.15) is 0 Å². The summed E-state index contributed by atoms with van der Waals surface area (Å²) in [6.45, 7) is 5.61. The Labute approximate surface area is 182 Å². The van der Waals surface area contributed by atoms with Crippen LogP contribution in [0.25, 0.3) is 0 Å². The second kappa shape index (κ2) is 9.20. The first-order chi connectivity index (χ1) is 15.0. The molecular weight excluding hydrogens is 392 g/mol.